The molecule has 0 bridgehead atoms. The van der Waals surface area contributed by atoms with E-state index in [4.69, 9.17) is 4.74 Å². The van der Waals surface area contributed by atoms with Crippen molar-refractivity contribution in [3.8, 4) is 0 Å². The van der Waals surface area contributed by atoms with Crippen molar-refractivity contribution in [2.24, 2.45) is 5.41 Å². The Morgan fingerprint density at radius 1 is 1.25 bits per heavy atom. The maximum absolute atomic E-state index is 10.5. The summed E-state index contributed by atoms with van der Waals surface area (Å²) in [5, 5.41) is 14.2. The molecule has 0 radical (unpaired) electrons. The maximum Gasteiger partial charge on any atom is 0.0869 e. The van der Waals surface area contributed by atoms with Gasteiger partial charge in [0.25, 0.3) is 0 Å². The number of nitrogens with one attached hydrogen (secondary N) is 1. The first-order valence-electron chi connectivity index (χ1n) is 8.34. The summed E-state index contributed by atoms with van der Waals surface area (Å²) in [6, 6.07) is 0.564. The Labute approximate surface area is 127 Å². The minimum absolute atomic E-state index is 0.371. The summed E-state index contributed by atoms with van der Waals surface area (Å²) in [7, 11) is 0. The van der Waals surface area contributed by atoms with Gasteiger partial charge in [-0.05, 0) is 38.4 Å². The summed E-state index contributed by atoms with van der Waals surface area (Å²) in [6.45, 7) is 3.71. The molecule has 1 spiro atoms. The molecule has 1 aliphatic heterocycles. The Balaban J connectivity index is 1.58. The average molecular weight is 299 g/mol. The second-order valence-corrected chi connectivity index (χ2v) is 8.04. The van der Waals surface area contributed by atoms with Crippen molar-refractivity contribution in [1.29, 1.82) is 0 Å². The lowest BCUT2D eigenvalue weighted by Crippen LogP contribution is -2.66. The molecule has 3 nitrogen and oxygen atoms in total. The van der Waals surface area contributed by atoms with E-state index in [0.29, 0.717) is 17.6 Å². The van der Waals surface area contributed by atoms with Gasteiger partial charge in [0.15, 0.2) is 0 Å². The minimum atomic E-state index is -0.461. The van der Waals surface area contributed by atoms with Crippen LogP contribution in [0.1, 0.15) is 51.9 Å². The molecule has 0 aromatic heterocycles. The number of rotatable bonds is 5. The zero-order valence-electron chi connectivity index (χ0n) is 12.7. The molecular formula is C16H29NO2S. The standard InChI is InChI=1S/C16H29NO2S/c1-2-19-14-10-13(16(14)6-4-3-5-7-16)17-11-15(18)8-9-20-12-15/h13-14,17-18H,2-12H2,1H3. The van der Waals surface area contributed by atoms with Crippen molar-refractivity contribution in [3.63, 3.8) is 0 Å². The first-order chi connectivity index (χ1) is 9.69. The van der Waals surface area contributed by atoms with Gasteiger partial charge in [-0.25, -0.2) is 0 Å². The molecule has 2 aliphatic carbocycles. The van der Waals surface area contributed by atoms with Gasteiger partial charge in [-0.2, -0.15) is 11.8 Å². The highest BCUT2D eigenvalue weighted by atomic mass is 32.2. The highest BCUT2D eigenvalue weighted by molar-refractivity contribution is 7.99. The van der Waals surface area contributed by atoms with Crippen molar-refractivity contribution in [2.75, 3.05) is 24.7 Å². The van der Waals surface area contributed by atoms with Crippen LogP contribution in [0.3, 0.4) is 0 Å². The molecule has 0 aromatic carbocycles. The van der Waals surface area contributed by atoms with Gasteiger partial charge in [0, 0.05) is 30.4 Å². The Morgan fingerprint density at radius 3 is 2.70 bits per heavy atom. The number of hydrogen-bond acceptors (Lipinski definition) is 4. The predicted octanol–water partition coefficient (Wildman–Crippen LogP) is 2.57. The van der Waals surface area contributed by atoms with Crippen molar-refractivity contribution >= 4 is 11.8 Å². The van der Waals surface area contributed by atoms with Crippen LogP contribution >= 0.6 is 11.8 Å². The minimum Gasteiger partial charge on any atom is -0.388 e. The fraction of sp³-hybridized carbons (Fsp3) is 1.00. The summed E-state index contributed by atoms with van der Waals surface area (Å²) in [6.07, 6.45) is 9.23. The van der Waals surface area contributed by atoms with Crippen LogP contribution in [-0.4, -0.2) is 47.5 Å². The summed E-state index contributed by atoms with van der Waals surface area (Å²) in [5.41, 5.74) is -0.0897. The lowest BCUT2D eigenvalue weighted by Gasteiger charge is -2.58. The monoisotopic (exact) mass is 299 g/mol. The van der Waals surface area contributed by atoms with E-state index >= 15 is 0 Å². The average Bonchev–Trinajstić information content (AvgIpc) is 2.90. The second-order valence-electron chi connectivity index (χ2n) is 6.93. The van der Waals surface area contributed by atoms with Crippen LogP contribution in [0.5, 0.6) is 0 Å². The fourth-order valence-corrected chi connectivity index (χ4v) is 5.69. The zero-order valence-corrected chi connectivity index (χ0v) is 13.5. The van der Waals surface area contributed by atoms with Gasteiger partial charge < -0.3 is 15.2 Å². The van der Waals surface area contributed by atoms with Crippen molar-refractivity contribution < 1.29 is 9.84 Å². The highest BCUT2D eigenvalue weighted by Crippen LogP contribution is 2.53. The van der Waals surface area contributed by atoms with Gasteiger partial charge in [-0.1, -0.05) is 19.3 Å². The quantitative estimate of drug-likeness (QED) is 0.819. The molecule has 3 aliphatic rings. The van der Waals surface area contributed by atoms with Crippen LogP contribution in [0, 0.1) is 5.41 Å². The van der Waals surface area contributed by atoms with Crippen LogP contribution in [-0.2, 0) is 4.74 Å². The molecule has 1 saturated heterocycles. The predicted molar refractivity (Wildman–Crippen MR) is 84.2 cm³/mol. The largest absolute Gasteiger partial charge is 0.388 e. The van der Waals surface area contributed by atoms with Gasteiger partial charge in [0.1, 0.15) is 0 Å². The molecule has 3 fully saturated rings. The second kappa shape index (κ2) is 6.15. The number of ether oxygens (including phenoxy) is 1. The van der Waals surface area contributed by atoms with Crippen LogP contribution in [0.25, 0.3) is 0 Å². The Kier molecular flexibility index (Phi) is 4.66. The van der Waals surface area contributed by atoms with E-state index in [9.17, 15) is 5.11 Å². The van der Waals surface area contributed by atoms with Crippen molar-refractivity contribution in [3.05, 3.63) is 0 Å². The highest BCUT2D eigenvalue weighted by Gasteiger charge is 2.55. The SMILES string of the molecule is CCOC1CC(NCC2(O)CCSC2)C12CCCCC2. The van der Waals surface area contributed by atoms with Gasteiger partial charge in [0.2, 0.25) is 0 Å². The third-order valence-corrected chi connectivity index (χ3v) is 6.93. The number of thioether (sulfide) groups is 1. The van der Waals surface area contributed by atoms with E-state index in [1.165, 1.54) is 32.1 Å². The molecule has 20 heavy (non-hydrogen) atoms. The third-order valence-electron chi connectivity index (χ3n) is 5.70. The Hall–Kier alpha value is 0.230. The zero-order chi connectivity index (χ0) is 14.1. The molecule has 0 amide bonds. The van der Waals surface area contributed by atoms with Crippen LogP contribution in [0.2, 0.25) is 0 Å². The molecule has 4 heteroatoms. The summed E-state index contributed by atoms with van der Waals surface area (Å²) in [5.74, 6) is 2.00. The molecular weight excluding hydrogens is 270 g/mol. The molecule has 0 aromatic rings. The maximum atomic E-state index is 10.5. The first-order valence-corrected chi connectivity index (χ1v) is 9.49. The van der Waals surface area contributed by atoms with Gasteiger partial charge in [-0.15, -0.1) is 0 Å². The third kappa shape index (κ3) is 2.77. The van der Waals surface area contributed by atoms with Gasteiger partial charge in [-0.3, -0.25) is 0 Å². The summed E-state index contributed by atoms with van der Waals surface area (Å²) >= 11 is 1.88. The Morgan fingerprint density at radius 2 is 2.05 bits per heavy atom. The molecule has 1 heterocycles. The van der Waals surface area contributed by atoms with Crippen LogP contribution < -0.4 is 5.32 Å². The summed E-state index contributed by atoms with van der Waals surface area (Å²) < 4.78 is 5.99. The van der Waals surface area contributed by atoms with E-state index < -0.39 is 5.60 Å². The molecule has 3 rings (SSSR count). The lowest BCUT2D eigenvalue weighted by atomic mass is 9.55. The van der Waals surface area contributed by atoms with E-state index in [1.54, 1.807) is 0 Å². The van der Waals surface area contributed by atoms with E-state index in [1.807, 2.05) is 11.8 Å². The number of hydrogen-bond donors (Lipinski definition) is 2. The van der Waals surface area contributed by atoms with Gasteiger partial charge >= 0.3 is 0 Å². The Bertz CT molecular complexity index is 324. The smallest absolute Gasteiger partial charge is 0.0869 e. The van der Waals surface area contributed by atoms with Crippen molar-refractivity contribution in [2.45, 2.75) is 69.6 Å². The van der Waals surface area contributed by atoms with E-state index in [2.05, 4.69) is 12.2 Å². The molecule has 2 N–H and O–H groups in total. The van der Waals surface area contributed by atoms with Gasteiger partial charge in [0.05, 0.1) is 11.7 Å². The molecule has 2 saturated carbocycles. The summed E-state index contributed by atoms with van der Waals surface area (Å²) in [4.78, 5) is 0. The van der Waals surface area contributed by atoms with E-state index in [-0.39, 0.29) is 0 Å². The molecule has 3 atom stereocenters. The van der Waals surface area contributed by atoms with E-state index in [0.717, 1.165) is 37.5 Å². The lowest BCUT2D eigenvalue weighted by molar-refractivity contribution is -0.152. The fourth-order valence-electron chi connectivity index (χ4n) is 4.40. The topological polar surface area (TPSA) is 41.5 Å². The van der Waals surface area contributed by atoms with Crippen molar-refractivity contribution in [1.82, 2.24) is 5.32 Å². The normalized spacial score (nSPS) is 39.9. The number of aliphatic hydroxyl groups is 1. The molecule has 3 unspecified atom stereocenters. The first kappa shape index (κ1) is 15.1. The van der Waals surface area contributed by atoms with Crippen LogP contribution in [0.15, 0.2) is 0 Å². The van der Waals surface area contributed by atoms with Crippen LogP contribution in [0.4, 0.5) is 0 Å². The molecule has 116 valence electrons.